The molecule has 0 saturated heterocycles. The molecule has 1 aromatic heterocycles. The predicted molar refractivity (Wildman–Crippen MR) is 71.0 cm³/mol. The number of hydrogen-bond donors (Lipinski definition) is 0. The van der Waals surface area contributed by atoms with Crippen molar-refractivity contribution in [3.63, 3.8) is 0 Å². The van der Waals surface area contributed by atoms with Gasteiger partial charge in [-0.05, 0) is 30.5 Å². The van der Waals surface area contributed by atoms with E-state index in [1.165, 1.54) is 13.2 Å². The summed E-state index contributed by atoms with van der Waals surface area (Å²) >= 11 is 0. The molecule has 2 aromatic rings. The number of methoxy groups -OCH3 is 1. The standard InChI is InChI=1S/C15H16FNO3/c1-8(2)13-17-11-7-9(6-10(16)12(11)20-13)15(4-5-15)14(18)19-3/h6-8H,4-5H2,1-3H3. The molecule has 3 rings (SSSR count). The van der Waals surface area contributed by atoms with Gasteiger partial charge >= 0.3 is 5.97 Å². The number of ether oxygens (including phenoxy) is 1. The number of oxazole rings is 1. The summed E-state index contributed by atoms with van der Waals surface area (Å²) in [5.74, 6) is -0.212. The molecule has 0 aliphatic heterocycles. The van der Waals surface area contributed by atoms with E-state index >= 15 is 0 Å². The van der Waals surface area contributed by atoms with Crippen LogP contribution in [0.15, 0.2) is 16.5 Å². The molecule has 1 saturated carbocycles. The van der Waals surface area contributed by atoms with Gasteiger partial charge in [-0.25, -0.2) is 9.37 Å². The first kappa shape index (κ1) is 13.1. The second-order valence-corrected chi connectivity index (χ2v) is 5.59. The summed E-state index contributed by atoms with van der Waals surface area (Å²) in [5.41, 5.74) is 0.538. The van der Waals surface area contributed by atoms with Gasteiger partial charge in [0.2, 0.25) is 0 Å². The van der Waals surface area contributed by atoms with Gasteiger partial charge in [-0.3, -0.25) is 4.79 Å². The highest BCUT2D eigenvalue weighted by molar-refractivity contribution is 5.88. The van der Waals surface area contributed by atoms with E-state index in [9.17, 15) is 9.18 Å². The normalized spacial score (nSPS) is 16.6. The minimum Gasteiger partial charge on any atom is -0.468 e. The minimum absolute atomic E-state index is 0.0840. The lowest BCUT2D eigenvalue weighted by atomic mass is 9.95. The lowest BCUT2D eigenvalue weighted by Gasteiger charge is -2.12. The van der Waals surface area contributed by atoms with Crippen LogP contribution in [0, 0.1) is 5.82 Å². The summed E-state index contributed by atoms with van der Waals surface area (Å²) in [6.45, 7) is 3.86. The van der Waals surface area contributed by atoms with Gasteiger partial charge in [0.05, 0.1) is 12.5 Å². The SMILES string of the molecule is COC(=O)C1(c2cc(F)c3oc(C(C)C)nc3c2)CC1. The summed E-state index contributed by atoms with van der Waals surface area (Å²) in [7, 11) is 1.35. The van der Waals surface area contributed by atoms with Crippen LogP contribution in [0.1, 0.15) is 44.1 Å². The fraction of sp³-hybridized carbons (Fsp3) is 0.467. The summed E-state index contributed by atoms with van der Waals surface area (Å²) in [4.78, 5) is 16.2. The van der Waals surface area contributed by atoms with Crippen molar-refractivity contribution in [1.29, 1.82) is 0 Å². The second-order valence-electron chi connectivity index (χ2n) is 5.59. The second kappa shape index (κ2) is 4.30. The zero-order chi connectivity index (χ0) is 14.5. The van der Waals surface area contributed by atoms with E-state index < -0.39 is 11.2 Å². The highest BCUT2D eigenvalue weighted by Gasteiger charge is 2.53. The monoisotopic (exact) mass is 277 g/mol. The molecule has 0 unspecified atom stereocenters. The number of rotatable bonds is 3. The number of carbonyl (C=O) groups excluding carboxylic acids is 1. The summed E-state index contributed by atoms with van der Waals surface area (Å²) in [5, 5.41) is 0. The third-order valence-corrected chi connectivity index (χ3v) is 3.83. The third-order valence-electron chi connectivity index (χ3n) is 3.83. The lowest BCUT2D eigenvalue weighted by Crippen LogP contribution is -2.22. The Hall–Kier alpha value is -1.91. The molecule has 0 atom stereocenters. The van der Waals surface area contributed by atoms with Crippen LogP contribution < -0.4 is 0 Å². The van der Waals surface area contributed by atoms with Crippen molar-refractivity contribution >= 4 is 17.1 Å². The molecule has 1 aliphatic carbocycles. The Bertz CT molecular complexity index is 686. The molecule has 1 heterocycles. The number of carbonyl (C=O) groups is 1. The quantitative estimate of drug-likeness (QED) is 0.808. The zero-order valence-corrected chi connectivity index (χ0v) is 11.7. The first-order chi connectivity index (χ1) is 9.48. The Morgan fingerprint density at radius 2 is 2.15 bits per heavy atom. The van der Waals surface area contributed by atoms with Gasteiger partial charge < -0.3 is 9.15 Å². The molecule has 0 amide bonds. The molecule has 0 N–H and O–H groups in total. The van der Waals surface area contributed by atoms with Crippen molar-refractivity contribution in [3.05, 3.63) is 29.4 Å². The van der Waals surface area contributed by atoms with Crippen molar-refractivity contribution in [1.82, 2.24) is 4.98 Å². The van der Waals surface area contributed by atoms with Crippen molar-refractivity contribution < 1.29 is 18.3 Å². The highest BCUT2D eigenvalue weighted by Crippen LogP contribution is 2.50. The molecule has 0 spiro atoms. The van der Waals surface area contributed by atoms with Gasteiger partial charge in [0.15, 0.2) is 17.3 Å². The van der Waals surface area contributed by atoms with E-state index in [0.717, 1.165) is 0 Å². The van der Waals surface area contributed by atoms with Gasteiger partial charge in [-0.1, -0.05) is 13.8 Å². The molecule has 0 radical (unpaired) electrons. The van der Waals surface area contributed by atoms with Gasteiger partial charge in [0, 0.05) is 5.92 Å². The first-order valence-electron chi connectivity index (χ1n) is 6.67. The first-order valence-corrected chi connectivity index (χ1v) is 6.67. The lowest BCUT2D eigenvalue weighted by molar-refractivity contribution is -0.143. The van der Waals surface area contributed by atoms with E-state index in [-0.39, 0.29) is 17.5 Å². The molecular weight excluding hydrogens is 261 g/mol. The molecular formula is C15H16FNO3. The average molecular weight is 277 g/mol. The number of halogens is 1. The maximum absolute atomic E-state index is 14.2. The van der Waals surface area contributed by atoms with Crippen LogP contribution >= 0.6 is 0 Å². The topological polar surface area (TPSA) is 52.3 Å². The highest BCUT2D eigenvalue weighted by atomic mass is 19.1. The molecule has 1 aromatic carbocycles. The van der Waals surface area contributed by atoms with Gasteiger partial charge in [-0.2, -0.15) is 0 Å². The summed E-state index contributed by atoms with van der Waals surface area (Å²) < 4.78 is 24.4. The Labute approximate surface area is 115 Å². The van der Waals surface area contributed by atoms with Crippen LogP contribution in [0.4, 0.5) is 4.39 Å². The van der Waals surface area contributed by atoms with E-state index in [4.69, 9.17) is 9.15 Å². The Morgan fingerprint density at radius 3 is 2.70 bits per heavy atom. The van der Waals surface area contributed by atoms with E-state index in [1.54, 1.807) is 6.07 Å². The van der Waals surface area contributed by atoms with Gasteiger partial charge in [-0.15, -0.1) is 0 Å². The van der Waals surface area contributed by atoms with E-state index in [2.05, 4.69) is 4.98 Å². The average Bonchev–Trinajstić information content (AvgIpc) is 3.11. The maximum atomic E-state index is 14.2. The van der Waals surface area contributed by atoms with Crippen molar-refractivity contribution in [2.75, 3.05) is 7.11 Å². The molecule has 20 heavy (non-hydrogen) atoms. The third kappa shape index (κ3) is 1.80. The van der Waals surface area contributed by atoms with Crippen LogP contribution in [0.25, 0.3) is 11.1 Å². The largest absolute Gasteiger partial charge is 0.468 e. The Kier molecular flexibility index (Phi) is 2.81. The van der Waals surface area contributed by atoms with Crippen LogP contribution in [0.5, 0.6) is 0 Å². The molecule has 1 aliphatic rings. The number of nitrogens with zero attached hydrogens (tertiary/aromatic N) is 1. The minimum atomic E-state index is -0.694. The number of hydrogen-bond acceptors (Lipinski definition) is 4. The maximum Gasteiger partial charge on any atom is 0.316 e. The zero-order valence-electron chi connectivity index (χ0n) is 11.7. The molecule has 0 bridgehead atoms. The van der Waals surface area contributed by atoms with E-state index in [0.29, 0.717) is 29.8 Å². The number of aromatic nitrogens is 1. The molecule has 4 nitrogen and oxygen atoms in total. The predicted octanol–water partition coefficient (Wildman–Crippen LogP) is 3.29. The van der Waals surface area contributed by atoms with Crippen LogP contribution in [0.2, 0.25) is 0 Å². The van der Waals surface area contributed by atoms with E-state index in [1.807, 2.05) is 13.8 Å². The number of benzene rings is 1. The molecule has 106 valence electrons. The molecule has 5 heteroatoms. The Morgan fingerprint density at radius 1 is 1.45 bits per heavy atom. The fourth-order valence-corrected chi connectivity index (χ4v) is 2.46. The van der Waals surface area contributed by atoms with Crippen LogP contribution in [0.3, 0.4) is 0 Å². The smallest absolute Gasteiger partial charge is 0.316 e. The van der Waals surface area contributed by atoms with Crippen molar-refractivity contribution in [2.24, 2.45) is 0 Å². The summed E-state index contributed by atoms with van der Waals surface area (Å²) in [6, 6.07) is 3.10. The number of esters is 1. The Balaban J connectivity index is 2.13. The van der Waals surface area contributed by atoms with Crippen molar-refractivity contribution in [2.45, 2.75) is 38.0 Å². The number of fused-ring (bicyclic) bond motifs is 1. The fourth-order valence-electron chi connectivity index (χ4n) is 2.46. The van der Waals surface area contributed by atoms with Crippen molar-refractivity contribution in [3.8, 4) is 0 Å². The van der Waals surface area contributed by atoms with Gasteiger partial charge in [0.25, 0.3) is 0 Å². The summed E-state index contributed by atoms with van der Waals surface area (Å²) in [6.07, 6.45) is 1.36. The van der Waals surface area contributed by atoms with Crippen LogP contribution in [-0.4, -0.2) is 18.1 Å². The van der Waals surface area contributed by atoms with Gasteiger partial charge in [0.1, 0.15) is 5.52 Å². The van der Waals surface area contributed by atoms with Crippen LogP contribution in [-0.2, 0) is 14.9 Å². The molecule has 1 fully saturated rings.